The molecule has 0 bridgehead atoms. The molecule has 0 fully saturated rings. The lowest BCUT2D eigenvalue weighted by molar-refractivity contribution is -0.116. The van der Waals surface area contributed by atoms with Gasteiger partial charge in [0.1, 0.15) is 18.3 Å². The van der Waals surface area contributed by atoms with Crippen molar-refractivity contribution in [3.63, 3.8) is 0 Å². The highest BCUT2D eigenvalue weighted by Gasteiger charge is 2.09. The zero-order valence-electron chi connectivity index (χ0n) is 11.8. The normalized spacial score (nSPS) is 12.1. The second-order valence-electron chi connectivity index (χ2n) is 4.93. The average Bonchev–Trinajstić information content (AvgIpc) is 2.98. The van der Waals surface area contributed by atoms with E-state index in [0.717, 1.165) is 0 Å². The molecule has 1 heterocycles. The maximum atomic E-state index is 14.0. The predicted octanol–water partition coefficient (Wildman–Crippen LogP) is 1.72. The number of hydrogen-bond acceptors (Lipinski definition) is 4. The lowest BCUT2D eigenvalue weighted by Gasteiger charge is -2.10. The number of nitrogens with zero attached hydrogens (tertiary/aromatic N) is 3. The second-order valence-corrected chi connectivity index (χ2v) is 4.93. The summed E-state index contributed by atoms with van der Waals surface area (Å²) in [5.41, 5.74) is 6.20. The van der Waals surface area contributed by atoms with Crippen LogP contribution in [0.1, 0.15) is 19.8 Å². The molecule has 7 heteroatoms. The number of amides is 1. The molecule has 112 valence electrons. The van der Waals surface area contributed by atoms with Crippen molar-refractivity contribution in [1.82, 2.24) is 14.8 Å². The molecule has 0 aliphatic rings. The topological polar surface area (TPSA) is 85.8 Å². The summed E-state index contributed by atoms with van der Waals surface area (Å²) in [6, 6.07) is 4.44. The van der Waals surface area contributed by atoms with Gasteiger partial charge >= 0.3 is 0 Å². The molecule has 1 atom stereocenters. The van der Waals surface area contributed by atoms with Crippen LogP contribution in [0.3, 0.4) is 0 Å². The standard InChI is InChI=1S/C14H18FN5O/c1-10(7-16)2-5-14(21)19-11-3-4-13(12(15)6-11)20-9-17-8-18-20/h3-4,6,8-10H,2,5,7,16H2,1H3,(H,19,21). The summed E-state index contributed by atoms with van der Waals surface area (Å²) >= 11 is 0. The molecule has 6 nitrogen and oxygen atoms in total. The number of carbonyl (C=O) groups is 1. The third-order valence-corrected chi connectivity index (χ3v) is 3.16. The van der Waals surface area contributed by atoms with Crippen LogP contribution in [0, 0.1) is 11.7 Å². The summed E-state index contributed by atoms with van der Waals surface area (Å²) in [6.45, 7) is 2.54. The van der Waals surface area contributed by atoms with Gasteiger partial charge in [0.2, 0.25) is 5.91 Å². The lowest BCUT2D eigenvalue weighted by atomic mass is 10.1. The summed E-state index contributed by atoms with van der Waals surface area (Å²) in [5, 5.41) is 6.53. The first-order valence-electron chi connectivity index (χ1n) is 6.74. The van der Waals surface area contributed by atoms with E-state index in [1.165, 1.54) is 23.4 Å². The first kappa shape index (κ1) is 15.1. The van der Waals surface area contributed by atoms with E-state index in [1.807, 2.05) is 6.92 Å². The van der Waals surface area contributed by atoms with Gasteiger partial charge in [-0.25, -0.2) is 14.1 Å². The number of anilines is 1. The zero-order valence-corrected chi connectivity index (χ0v) is 11.8. The van der Waals surface area contributed by atoms with Crippen molar-refractivity contribution >= 4 is 11.6 Å². The van der Waals surface area contributed by atoms with Crippen molar-refractivity contribution in [3.05, 3.63) is 36.7 Å². The molecule has 21 heavy (non-hydrogen) atoms. The molecule has 0 aliphatic carbocycles. The first-order chi connectivity index (χ1) is 10.1. The molecule has 1 unspecified atom stereocenters. The van der Waals surface area contributed by atoms with Crippen molar-refractivity contribution in [1.29, 1.82) is 0 Å². The molecular weight excluding hydrogens is 273 g/mol. The molecule has 0 aliphatic heterocycles. The van der Waals surface area contributed by atoms with E-state index in [2.05, 4.69) is 15.4 Å². The number of aromatic nitrogens is 3. The number of benzene rings is 1. The number of carbonyl (C=O) groups excluding carboxylic acids is 1. The van der Waals surface area contributed by atoms with Crippen molar-refractivity contribution in [2.75, 3.05) is 11.9 Å². The zero-order chi connectivity index (χ0) is 15.2. The predicted molar refractivity (Wildman–Crippen MR) is 77.4 cm³/mol. The van der Waals surface area contributed by atoms with Gasteiger partial charge in [-0.05, 0) is 37.1 Å². The number of rotatable bonds is 6. The van der Waals surface area contributed by atoms with Gasteiger partial charge in [0.05, 0.1) is 0 Å². The number of nitrogens with two attached hydrogens (primary N) is 1. The minimum atomic E-state index is -0.478. The molecule has 2 rings (SSSR count). The van der Waals surface area contributed by atoms with Crippen LogP contribution in [-0.4, -0.2) is 27.2 Å². The summed E-state index contributed by atoms with van der Waals surface area (Å²) < 4.78 is 15.3. The van der Waals surface area contributed by atoms with E-state index >= 15 is 0 Å². The molecule has 0 saturated carbocycles. The Morgan fingerprint density at radius 1 is 1.52 bits per heavy atom. The van der Waals surface area contributed by atoms with Gasteiger partial charge in [-0.15, -0.1) is 0 Å². The summed E-state index contributed by atoms with van der Waals surface area (Å²) in [5.74, 6) is -0.334. The fourth-order valence-corrected chi connectivity index (χ4v) is 1.82. The van der Waals surface area contributed by atoms with Gasteiger partial charge < -0.3 is 11.1 Å². The molecule has 2 aromatic rings. The molecule has 1 aromatic carbocycles. The van der Waals surface area contributed by atoms with E-state index in [9.17, 15) is 9.18 Å². The van der Waals surface area contributed by atoms with Crippen LogP contribution in [0.4, 0.5) is 10.1 Å². The number of nitrogens with one attached hydrogen (secondary N) is 1. The van der Waals surface area contributed by atoms with Crippen LogP contribution >= 0.6 is 0 Å². The van der Waals surface area contributed by atoms with Gasteiger partial charge in [-0.3, -0.25) is 4.79 Å². The minimum Gasteiger partial charge on any atom is -0.330 e. The van der Waals surface area contributed by atoms with E-state index in [-0.39, 0.29) is 11.6 Å². The fourth-order valence-electron chi connectivity index (χ4n) is 1.82. The van der Waals surface area contributed by atoms with Crippen LogP contribution in [-0.2, 0) is 4.79 Å². The molecule has 3 N–H and O–H groups in total. The second kappa shape index (κ2) is 6.94. The minimum absolute atomic E-state index is 0.150. The highest BCUT2D eigenvalue weighted by molar-refractivity contribution is 5.90. The third-order valence-electron chi connectivity index (χ3n) is 3.16. The van der Waals surface area contributed by atoms with Gasteiger partial charge in [0.15, 0.2) is 5.82 Å². The maximum absolute atomic E-state index is 14.0. The van der Waals surface area contributed by atoms with Crippen LogP contribution in [0.15, 0.2) is 30.9 Å². The van der Waals surface area contributed by atoms with E-state index < -0.39 is 5.82 Å². The molecule has 0 spiro atoms. The van der Waals surface area contributed by atoms with Crippen molar-refractivity contribution < 1.29 is 9.18 Å². The number of hydrogen-bond donors (Lipinski definition) is 2. The average molecular weight is 291 g/mol. The van der Waals surface area contributed by atoms with E-state index in [4.69, 9.17) is 5.73 Å². The molecule has 1 amide bonds. The Morgan fingerprint density at radius 2 is 2.33 bits per heavy atom. The van der Waals surface area contributed by atoms with Crippen LogP contribution in [0.5, 0.6) is 0 Å². The lowest BCUT2D eigenvalue weighted by Crippen LogP contribution is -2.16. The summed E-state index contributed by atoms with van der Waals surface area (Å²) in [7, 11) is 0. The van der Waals surface area contributed by atoms with Gasteiger partial charge in [0, 0.05) is 12.1 Å². The number of halogens is 1. The summed E-state index contributed by atoms with van der Waals surface area (Å²) in [4.78, 5) is 15.5. The Labute approximate surface area is 122 Å². The Bertz CT molecular complexity index is 599. The van der Waals surface area contributed by atoms with Crippen molar-refractivity contribution in [2.45, 2.75) is 19.8 Å². The Hall–Kier alpha value is -2.28. The quantitative estimate of drug-likeness (QED) is 0.848. The van der Waals surface area contributed by atoms with Crippen LogP contribution in [0.2, 0.25) is 0 Å². The highest BCUT2D eigenvalue weighted by Crippen LogP contribution is 2.17. The molecule has 1 aromatic heterocycles. The highest BCUT2D eigenvalue weighted by atomic mass is 19.1. The van der Waals surface area contributed by atoms with Crippen LogP contribution in [0.25, 0.3) is 5.69 Å². The molecular formula is C14H18FN5O. The SMILES string of the molecule is CC(CN)CCC(=O)Nc1ccc(-n2cncn2)c(F)c1. The van der Waals surface area contributed by atoms with Gasteiger partial charge in [-0.1, -0.05) is 6.92 Å². The maximum Gasteiger partial charge on any atom is 0.224 e. The third kappa shape index (κ3) is 4.09. The Morgan fingerprint density at radius 3 is 2.95 bits per heavy atom. The summed E-state index contributed by atoms with van der Waals surface area (Å²) in [6.07, 6.45) is 3.81. The van der Waals surface area contributed by atoms with Crippen molar-refractivity contribution in [3.8, 4) is 5.69 Å². The van der Waals surface area contributed by atoms with Crippen LogP contribution < -0.4 is 11.1 Å². The smallest absolute Gasteiger partial charge is 0.224 e. The van der Waals surface area contributed by atoms with Crippen molar-refractivity contribution in [2.24, 2.45) is 11.7 Å². The van der Waals surface area contributed by atoms with E-state index in [1.54, 1.807) is 12.1 Å². The molecule has 0 radical (unpaired) electrons. The van der Waals surface area contributed by atoms with Gasteiger partial charge in [-0.2, -0.15) is 5.10 Å². The first-order valence-corrected chi connectivity index (χ1v) is 6.74. The van der Waals surface area contributed by atoms with E-state index in [0.29, 0.717) is 31.0 Å². The Kier molecular flexibility index (Phi) is 4.99. The Balaban J connectivity index is 1.99. The van der Waals surface area contributed by atoms with Gasteiger partial charge in [0.25, 0.3) is 0 Å². The monoisotopic (exact) mass is 291 g/mol. The fraction of sp³-hybridized carbons (Fsp3) is 0.357. The molecule has 0 saturated heterocycles. The largest absolute Gasteiger partial charge is 0.330 e.